The summed E-state index contributed by atoms with van der Waals surface area (Å²) in [6, 6.07) is 14.9. The van der Waals surface area contributed by atoms with E-state index >= 15 is 0 Å². The highest BCUT2D eigenvalue weighted by molar-refractivity contribution is 7.23. The second-order valence-electron chi connectivity index (χ2n) is 13.8. The Bertz CT molecular complexity index is 2500. The molecule has 2 saturated heterocycles. The van der Waals surface area contributed by atoms with Crippen molar-refractivity contribution in [2.24, 2.45) is 5.92 Å². The Balaban J connectivity index is 1.15. The van der Waals surface area contributed by atoms with E-state index in [2.05, 4.69) is 21.6 Å². The molecule has 7 heterocycles. The van der Waals surface area contributed by atoms with Crippen LogP contribution in [0.25, 0.3) is 32.0 Å². The highest BCUT2D eigenvalue weighted by Crippen LogP contribution is 2.63. The first-order valence-electron chi connectivity index (χ1n) is 17.0. The maximum Gasteiger partial charge on any atom is 0.434 e. The monoisotopic (exact) mass is 720 g/mol. The van der Waals surface area contributed by atoms with Crippen LogP contribution in [-0.4, -0.2) is 44.6 Å². The van der Waals surface area contributed by atoms with Gasteiger partial charge in [0.2, 0.25) is 0 Å². The number of hydrogen-bond acceptors (Lipinski definition) is 9. The summed E-state index contributed by atoms with van der Waals surface area (Å²) in [5.74, 6) is 0.424. The number of aromatic amines is 1. The van der Waals surface area contributed by atoms with Gasteiger partial charge in [0.1, 0.15) is 5.82 Å². The molecule has 2 aliphatic carbocycles. The molecule has 1 atom stereocenters. The molecule has 2 N–H and O–H groups in total. The van der Waals surface area contributed by atoms with Gasteiger partial charge >= 0.3 is 5.76 Å². The number of pyridine rings is 2. The average molecular weight is 721 g/mol. The van der Waals surface area contributed by atoms with Gasteiger partial charge in [-0.15, -0.1) is 16.4 Å². The van der Waals surface area contributed by atoms with Crippen LogP contribution in [0, 0.1) is 11.7 Å². The van der Waals surface area contributed by atoms with Gasteiger partial charge in [0, 0.05) is 33.8 Å². The zero-order valence-electron chi connectivity index (χ0n) is 27.4. The Hall–Kier alpha value is -5.07. The van der Waals surface area contributed by atoms with Crippen LogP contribution >= 0.6 is 22.9 Å². The quantitative estimate of drug-likeness (QED) is 0.166. The molecule has 4 aromatic heterocycles. The molecule has 5 aliphatic rings. The summed E-state index contributed by atoms with van der Waals surface area (Å²) in [5.41, 5.74) is 5.62. The first-order valence-corrected chi connectivity index (χ1v) is 18.2. The summed E-state index contributed by atoms with van der Waals surface area (Å²) in [6.07, 6.45) is 6.04. The third-order valence-electron chi connectivity index (χ3n) is 11.1. The normalized spacial score (nSPS) is 21.2. The minimum Gasteiger partial charge on any atom is -0.493 e. The number of aryl methyl sites for hydroxylation is 2. The first kappa shape index (κ1) is 30.7. The number of amides is 1. The number of H-pyrrole nitrogens is 1. The lowest BCUT2D eigenvalue weighted by Crippen LogP contribution is -2.40. The Morgan fingerprint density at radius 3 is 2.80 bits per heavy atom. The predicted octanol–water partition coefficient (Wildman–Crippen LogP) is 7.46. The largest absolute Gasteiger partial charge is 0.493 e. The van der Waals surface area contributed by atoms with E-state index in [9.17, 15) is 14.0 Å². The topological polar surface area (TPSA) is 126 Å². The average Bonchev–Trinajstić information content (AvgIpc) is 3.96. The number of fused-ring (bicyclic) bond motifs is 3. The van der Waals surface area contributed by atoms with Gasteiger partial charge < -0.3 is 19.4 Å². The number of hydrogen-bond donors (Lipinski definition) is 2. The van der Waals surface area contributed by atoms with Gasteiger partial charge in [0.05, 0.1) is 45.9 Å². The molecule has 6 aromatic rings. The number of benzene rings is 2. The van der Waals surface area contributed by atoms with Crippen LogP contribution in [-0.2, 0) is 24.8 Å². The minimum atomic E-state index is -0.693. The molecule has 11 rings (SSSR count). The fourth-order valence-corrected chi connectivity index (χ4v) is 10.3. The van der Waals surface area contributed by atoms with Crippen molar-refractivity contribution >= 4 is 44.7 Å². The first-order chi connectivity index (χ1) is 24.8. The van der Waals surface area contributed by atoms with Crippen molar-refractivity contribution in [2.75, 3.05) is 19.0 Å². The number of ether oxygens (including phenoxy) is 1. The number of anilines is 1. The highest BCUT2D eigenvalue weighted by Gasteiger charge is 2.65. The van der Waals surface area contributed by atoms with E-state index in [1.807, 2.05) is 41.3 Å². The minimum absolute atomic E-state index is 0.0537. The van der Waals surface area contributed by atoms with Crippen molar-refractivity contribution < 1.29 is 18.3 Å². The molecule has 1 spiro atoms. The fourth-order valence-electron chi connectivity index (χ4n) is 8.91. The summed E-state index contributed by atoms with van der Waals surface area (Å²) in [7, 11) is 1.49. The number of halogens is 2. The third-order valence-corrected chi connectivity index (χ3v) is 12.7. The van der Waals surface area contributed by atoms with Crippen molar-refractivity contribution in [3.63, 3.8) is 0 Å². The van der Waals surface area contributed by atoms with E-state index in [1.54, 1.807) is 6.20 Å². The summed E-state index contributed by atoms with van der Waals surface area (Å²) < 4.78 is 26.5. The number of carbonyl (C=O) groups excluding carboxylic acids is 1. The van der Waals surface area contributed by atoms with Crippen LogP contribution in [0.2, 0.25) is 5.02 Å². The Morgan fingerprint density at radius 1 is 1.14 bits per heavy atom. The number of aromatic nitrogens is 4. The highest BCUT2D eigenvalue weighted by atomic mass is 35.5. The lowest BCUT2D eigenvalue weighted by Gasteiger charge is -2.37. The second-order valence-corrected chi connectivity index (χ2v) is 15.3. The number of rotatable bonds is 8. The molecule has 0 unspecified atom stereocenters. The predicted molar refractivity (Wildman–Crippen MR) is 191 cm³/mol. The summed E-state index contributed by atoms with van der Waals surface area (Å²) in [6.45, 7) is 0.707. The van der Waals surface area contributed by atoms with E-state index in [-0.39, 0.29) is 23.7 Å². The molecule has 10 nitrogen and oxygen atoms in total. The third kappa shape index (κ3) is 4.48. The standard InChI is InChI=1S/C38H30ClFN6O4S/c1-49-31-22-8-11-25(21(22)7-9-24(31)40)43-34-32-20(12-13-41-34)14-27(51-32)29-28(35-44-45-37(48)50-35)26(10-6-19-4-2-3-5-23(19)39)42-33-30(29)36(47)46-17-18-15-38(33,46)16-18/h2-5,7,9,12-14,18,25H,6,8,10-11,15-17H2,1H3,(H,41,43)(H,45,48)/t18?,25-,38?/m0/s1. The maximum absolute atomic E-state index is 14.5. The Kier molecular flexibility index (Phi) is 6.76. The van der Waals surface area contributed by atoms with Gasteiger partial charge in [-0.2, -0.15) is 0 Å². The Labute approximate surface area is 299 Å². The van der Waals surface area contributed by atoms with Crippen LogP contribution in [0.4, 0.5) is 10.2 Å². The van der Waals surface area contributed by atoms with Crippen LogP contribution < -0.4 is 15.8 Å². The lowest BCUT2D eigenvalue weighted by molar-refractivity contribution is 0.0637. The van der Waals surface area contributed by atoms with E-state index in [1.165, 1.54) is 24.5 Å². The van der Waals surface area contributed by atoms with E-state index in [0.29, 0.717) is 70.7 Å². The second kappa shape index (κ2) is 11.2. The van der Waals surface area contributed by atoms with Gasteiger partial charge in [-0.25, -0.2) is 19.3 Å². The van der Waals surface area contributed by atoms with E-state index in [0.717, 1.165) is 56.6 Å². The van der Waals surface area contributed by atoms with Gasteiger partial charge in [-0.3, -0.25) is 9.78 Å². The molecule has 13 heteroatoms. The molecule has 2 aromatic carbocycles. The van der Waals surface area contributed by atoms with Crippen molar-refractivity contribution in [1.29, 1.82) is 0 Å². The summed E-state index contributed by atoms with van der Waals surface area (Å²) >= 11 is 8.09. The molecule has 1 saturated carbocycles. The van der Waals surface area contributed by atoms with Crippen LogP contribution in [0.15, 0.2) is 63.9 Å². The molecule has 1 amide bonds. The van der Waals surface area contributed by atoms with Crippen molar-refractivity contribution in [3.05, 3.63) is 110 Å². The number of methoxy groups -OCH3 is 1. The van der Waals surface area contributed by atoms with Crippen LogP contribution in [0.3, 0.4) is 0 Å². The molecule has 0 radical (unpaired) electrons. The zero-order chi connectivity index (χ0) is 34.6. The summed E-state index contributed by atoms with van der Waals surface area (Å²) in [4.78, 5) is 39.7. The lowest BCUT2D eigenvalue weighted by atomic mass is 9.71. The van der Waals surface area contributed by atoms with Gasteiger partial charge in [-0.1, -0.05) is 35.9 Å². The van der Waals surface area contributed by atoms with E-state index < -0.39 is 11.3 Å². The number of nitrogens with one attached hydrogen (secondary N) is 2. The van der Waals surface area contributed by atoms with Crippen LogP contribution in [0.5, 0.6) is 5.75 Å². The van der Waals surface area contributed by atoms with Gasteiger partial charge in [0.25, 0.3) is 11.8 Å². The molecule has 2 bridgehead atoms. The molecular weight excluding hydrogens is 691 g/mol. The van der Waals surface area contributed by atoms with Crippen molar-refractivity contribution in [2.45, 2.75) is 50.1 Å². The number of thiophene rings is 1. The molecule has 3 aliphatic heterocycles. The molecule has 256 valence electrons. The summed E-state index contributed by atoms with van der Waals surface area (Å²) in [5, 5.41) is 11.9. The number of nitrogens with zero attached hydrogens (tertiary/aromatic N) is 4. The smallest absolute Gasteiger partial charge is 0.434 e. The molecule has 51 heavy (non-hydrogen) atoms. The zero-order valence-corrected chi connectivity index (χ0v) is 29.0. The van der Waals surface area contributed by atoms with Crippen molar-refractivity contribution in [1.82, 2.24) is 25.1 Å². The Morgan fingerprint density at radius 2 is 2.00 bits per heavy atom. The van der Waals surface area contributed by atoms with Crippen molar-refractivity contribution in [3.8, 4) is 27.6 Å². The molecule has 3 fully saturated rings. The fraction of sp³-hybridized carbons (Fsp3) is 0.289. The van der Waals surface area contributed by atoms with Gasteiger partial charge in [0.15, 0.2) is 11.6 Å². The van der Waals surface area contributed by atoms with E-state index in [4.69, 9.17) is 30.7 Å². The SMILES string of the molecule is COc1c(F)ccc2c1CC[C@@H]2Nc1nccc2cc(-c3c4c(nc(CCc5ccccc5Cl)c3-c3n[nH]c(=O)o3)C35CC(CN3C4=O)C5)sc12. The number of carbonyl (C=O) groups is 1. The van der Waals surface area contributed by atoms with Gasteiger partial charge in [-0.05, 0) is 85.2 Å². The maximum atomic E-state index is 14.5. The van der Waals surface area contributed by atoms with Crippen LogP contribution in [0.1, 0.15) is 63.7 Å². The molecular formula is C38H30ClFN6O4S.